The average Bonchev–Trinajstić information content (AvgIpc) is 3.27. The molecule has 6 heteroatoms. The first-order valence-electron chi connectivity index (χ1n) is 8.88. The van der Waals surface area contributed by atoms with Crippen LogP contribution < -0.4 is 5.32 Å². The third-order valence-electron chi connectivity index (χ3n) is 5.30. The van der Waals surface area contributed by atoms with E-state index in [1.807, 2.05) is 55.6 Å². The molecule has 1 heterocycles. The van der Waals surface area contributed by atoms with Gasteiger partial charge in [-0.3, -0.25) is 0 Å². The molecule has 3 unspecified atom stereocenters. The molecule has 0 amide bonds. The summed E-state index contributed by atoms with van der Waals surface area (Å²) in [5.74, 6) is -0.0485. The minimum absolute atomic E-state index is 0.187. The third-order valence-corrected chi connectivity index (χ3v) is 6.48. The Kier molecular flexibility index (Phi) is 6.08. The molecular formula is C21H25NO4P+. The van der Waals surface area contributed by atoms with Gasteiger partial charge in [-0.25, -0.2) is 0 Å². The molecule has 142 valence electrons. The second-order valence-corrected chi connectivity index (χ2v) is 8.15. The van der Waals surface area contributed by atoms with E-state index in [-0.39, 0.29) is 11.8 Å². The fraction of sp³-hybridized carbons (Fsp3) is 0.333. The lowest BCUT2D eigenvalue weighted by Crippen LogP contribution is -2.44. The van der Waals surface area contributed by atoms with Gasteiger partial charge in [0.2, 0.25) is 5.31 Å². The zero-order valence-corrected chi connectivity index (χ0v) is 16.6. The molecule has 0 saturated carbocycles. The van der Waals surface area contributed by atoms with Crippen molar-refractivity contribution in [3.63, 3.8) is 0 Å². The van der Waals surface area contributed by atoms with Crippen LogP contribution in [-0.2, 0) is 14.6 Å². The first-order valence-corrected chi connectivity index (χ1v) is 10.1. The van der Waals surface area contributed by atoms with Gasteiger partial charge < -0.3 is 14.8 Å². The van der Waals surface area contributed by atoms with Crippen LogP contribution >= 0.6 is 8.03 Å². The molecule has 0 bridgehead atoms. The maximum Gasteiger partial charge on any atom is 0.544 e. The standard InChI is InChI=1S/C21H25NO4P/c1-21(22-2,16-8-5-4-6-9-16)17-12-11-15(14-19(17)27(24)25-3)20(23)18-10-7-13-26-18/h4-15,17,20,22-23H,1-3H3/q+1/t15?,17?,20-,21+/m0/s1. The minimum Gasteiger partial charge on any atom is -0.467 e. The van der Waals surface area contributed by atoms with Gasteiger partial charge in [-0.15, -0.1) is 4.52 Å². The topological polar surface area (TPSA) is 71.7 Å². The number of hydrogen-bond donors (Lipinski definition) is 2. The summed E-state index contributed by atoms with van der Waals surface area (Å²) < 4.78 is 23.2. The molecule has 2 aromatic rings. The minimum atomic E-state index is -2.03. The number of rotatable bonds is 7. The molecule has 1 aliphatic rings. The summed E-state index contributed by atoms with van der Waals surface area (Å²) in [6.45, 7) is 2.08. The lowest BCUT2D eigenvalue weighted by atomic mass is 9.76. The fourth-order valence-electron chi connectivity index (χ4n) is 3.57. The van der Waals surface area contributed by atoms with Crippen LogP contribution in [0.3, 0.4) is 0 Å². The van der Waals surface area contributed by atoms with Gasteiger partial charge >= 0.3 is 8.03 Å². The molecule has 3 rings (SSSR count). The van der Waals surface area contributed by atoms with Crippen LogP contribution in [0, 0.1) is 11.8 Å². The molecule has 2 N–H and O–H groups in total. The van der Waals surface area contributed by atoms with Crippen LogP contribution in [0.1, 0.15) is 24.4 Å². The first-order chi connectivity index (χ1) is 13.0. The Labute approximate surface area is 160 Å². The zero-order chi connectivity index (χ0) is 19.4. The number of aliphatic hydroxyl groups excluding tert-OH is 1. The van der Waals surface area contributed by atoms with Crippen molar-refractivity contribution in [3.8, 4) is 0 Å². The summed E-state index contributed by atoms with van der Waals surface area (Å²) in [7, 11) is 1.30. The van der Waals surface area contributed by atoms with Crippen LogP contribution in [0.2, 0.25) is 0 Å². The first kappa shape index (κ1) is 19.7. The Morgan fingerprint density at radius 1 is 1.22 bits per heavy atom. The van der Waals surface area contributed by atoms with Crippen molar-refractivity contribution in [3.05, 3.63) is 83.6 Å². The van der Waals surface area contributed by atoms with Gasteiger partial charge in [-0.05, 0) is 42.3 Å². The Morgan fingerprint density at radius 2 is 1.96 bits per heavy atom. The van der Waals surface area contributed by atoms with E-state index in [0.29, 0.717) is 11.1 Å². The number of hydrogen-bond acceptors (Lipinski definition) is 5. The average molecular weight is 386 g/mol. The maximum atomic E-state index is 12.7. The van der Waals surface area contributed by atoms with Crippen molar-refractivity contribution in [1.29, 1.82) is 0 Å². The van der Waals surface area contributed by atoms with E-state index in [2.05, 4.69) is 12.2 Å². The van der Waals surface area contributed by atoms with Crippen molar-refractivity contribution < 1.29 is 18.6 Å². The summed E-state index contributed by atoms with van der Waals surface area (Å²) in [6.07, 6.45) is 6.48. The van der Waals surface area contributed by atoms with Crippen LogP contribution in [0.25, 0.3) is 0 Å². The fourth-order valence-corrected chi connectivity index (χ4v) is 4.65. The Morgan fingerprint density at radius 3 is 2.56 bits per heavy atom. The monoisotopic (exact) mass is 386 g/mol. The van der Waals surface area contributed by atoms with Crippen LogP contribution in [0.4, 0.5) is 0 Å². The Hall–Kier alpha value is -2.04. The molecule has 5 atom stereocenters. The predicted molar refractivity (Wildman–Crippen MR) is 105 cm³/mol. The Bertz CT molecular complexity index is 831. The van der Waals surface area contributed by atoms with Crippen molar-refractivity contribution in [2.45, 2.75) is 18.6 Å². The normalized spacial score (nSPS) is 23.4. The van der Waals surface area contributed by atoms with E-state index in [1.54, 1.807) is 12.1 Å². The molecular weight excluding hydrogens is 361 g/mol. The highest BCUT2D eigenvalue weighted by molar-refractivity contribution is 7.44. The van der Waals surface area contributed by atoms with Crippen molar-refractivity contribution in [1.82, 2.24) is 5.32 Å². The molecule has 0 aliphatic heterocycles. The van der Waals surface area contributed by atoms with Crippen LogP contribution in [0.5, 0.6) is 0 Å². The summed E-state index contributed by atoms with van der Waals surface area (Å²) in [5, 5.41) is 14.7. The van der Waals surface area contributed by atoms with E-state index in [9.17, 15) is 9.67 Å². The third kappa shape index (κ3) is 3.83. The number of nitrogens with one attached hydrogen (secondary N) is 1. The highest BCUT2D eigenvalue weighted by atomic mass is 31.1. The summed E-state index contributed by atoms with van der Waals surface area (Å²) in [6, 6.07) is 13.5. The van der Waals surface area contributed by atoms with E-state index < -0.39 is 19.7 Å². The highest BCUT2D eigenvalue weighted by Crippen LogP contribution is 2.49. The smallest absolute Gasteiger partial charge is 0.467 e. The molecule has 0 spiro atoms. The van der Waals surface area contributed by atoms with Gasteiger partial charge in [-0.1, -0.05) is 42.5 Å². The van der Waals surface area contributed by atoms with Crippen molar-refractivity contribution in [2.75, 3.05) is 14.2 Å². The second kappa shape index (κ2) is 8.32. The molecule has 1 aromatic carbocycles. The van der Waals surface area contributed by atoms with E-state index >= 15 is 0 Å². The SMILES string of the molecule is CN[C@](C)(c1ccccc1)C1C=CC([C@H](O)c2ccco2)C=C1[P+](=O)OC. The molecule has 0 fully saturated rings. The van der Waals surface area contributed by atoms with E-state index in [4.69, 9.17) is 8.94 Å². The van der Waals surface area contributed by atoms with Crippen LogP contribution in [0.15, 0.2) is 76.7 Å². The molecule has 5 nitrogen and oxygen atoms in total. The largest absolute Gasteiger partial charge is 0.544 e. The summed E-state index contributed by atoms with van der Waals surface area (Å²) in [5.41, 5.74) is 0.603. The van der Waals surface area contributed by atoms with E-state index in [0.717, 1.165) is 5.56 Å². The lowest BCUT2D eigenvalue weighted by Gasteiger charge is -2.36. The molecule has 1 aliphatic carbocycles. The van der Waals surface area contributed by atoms with Gasteiger partial charge in [-0.2, -0.15) is 0 Å². The van der Waals surface area contributed by atoms with Gasteiger partial charge in [0.05, 0.1) is 24.8 Å². The molecule has 27 heavy (non-hydrogen) atoms. The predicted octanol–water partition coefficient (Wildman–Crippen LogP) is 4.52. The number of aliphatic hydroxyl groups is 1. The van der Waals surface area contributed by atoms with Gasteiger partial charge in [0, 0.05) is 5.92 Å². The number of benzene rings is 1. The maximum absolute atomic E-state index is 12.7. The highest BCUT2D eigenvalue weighted by Gasteiger charge is 2.46. The summed E-state index contributed by atoms with van der Waals surface area (Å²) in [4.78, 5) is 0. The van der Waals surface area contributed by atoms with Gasteiger partial charge in [0.15, 0.2) is 0 Å². The van der Waals surface area contributed by atoms with Crippen molar-refractivity contribution >= 4 is 8.03 Å². The molecule has 0 radical (unpaired) electrons. The quantitative estimate of drug-likeness (QED) is 0.541. The van der Waals surface area contributed by atoms with Gasteiger partial charge in [0.1, 0.15) is 11.9 Å². The summed E-state index contributed by atoms with van der Waals surface area (Å²) >= 11 is 0. The Balaban J connectivity index is 2.00. The lowest BCUT2D eigenvalue weighted by molar-refractivity contribution is 0.123. The second-order valence-electron chi connectivity index (χ2n) is 6.75. The molecule has 0 saturated heterocycles. The van der Waals surface area contributed by atoms with Crippen LogP contribution in [-0.4, -0.2) is 19.3 Å². The van der Waals surface area contributed by atoms with Gasteiger partial charge in [0.25, 0.3) is 0 Å². The molecule has 1 aromatic heterocycles. The van der Waals surface area contributed by atoms with E-state index in [1.165, 1.54) is 13.4 Å². The number of furan rings is 1. The zero-order valence-electron chi connectivity index (χ0n) is 15.7. The van der Waals surface area contributed by atoms with Crippen molar-refractivity contribution in [2.24, 2.45) is 11.8 Å².